The Hall–Kier alpha value is -2.49. The summed E-state index contributed by atoms with van der Waals surface area (Å²) in [7, 11) is 1.68. The number of pyridine rings is 1. The summed E-state index contributed by atoms with van der Waals surface area (Å²) in [6.45, 7) is 3.01. The average molecular weight is 281 g/mol. The summed E-state index contributed by atoms with van der Waals surface area (Å²) in [4.78, 5) is 4.66. The summed E-state index contributed by atoms with van der Waals surface area (Å²) in [6.07, 6.45) is 4.98. The van der Waals surface area contributed by atoms with Crippen LogP contribution < -0.4 is 10.1 Å². The molecule has 1 N–H and O–H groups in total. The van der Waals surface area contributed by atoms with E-state index in [1.807, 2.05) is 18.2 Å². The van der Waals surface area contributed by atoms with Crippen molar-refractivity contribution in [1.82, 2.24) is 9.38 Å². The minimum atomic E-state index is 0.822. The van der Waals surface area contributed by atoms with Crippen LogP contribution in [0.2, 0.25) is 0 Å². The third kappa shape index (κ3) is 2.99. The molecule has 0 fully saturated rings. The van der Waals surface area contributed by atoms with E-state index < -0.39 is 0 Å². The van der Waals surface area contributed by atoms with Crippen molar-refractivity contribution in [1.29, 1.82) is 0 Å². The molecular weight excluding hydrogens is 262 g/mol. The number of hydrogen-bond donors (Lipinski definition) is 1. The molecule has 2 aromatic heterocycles. The lowest BCUT2D eigenvalue weighted by Gasteiger charge is -2.02. The zero-order chi connectivity index (χ0) is 14.7. The first-order chi connectivity index (χ1) is 10.3. The van der Waals surface area contributed by atoms with Crippen molar-refractivity contribution in [3.8, 4) is 5.75 Å². The molecule has 1 aromatic carbocycles. The molecule has 0 aliphatic rings. The molecule has 0 spiro atoms. The van der Waals surface area contributed by atoms with E-state index in [4.69, 9.17) is 4.74 Å². The molecular formula is C17H19N3O. The van der Waals surface area contributed by atoms with Gasteiger partial charge in [0.15, 0.2) is 0 Å². The van der Waals surface area contributed by atoms with E-state index in [1.54, 1.807) is 7.11 Å². The SMILES string of the molecule is CCNc1ccc2nc(Cc3ccc(OC)cc3)cn2c1. The second-order valence-corrected chi connectivity index (χ2v) is 4.97. The quantitative estimate of drug-likeness (QED) is 0.779. The molecule has 0 atom stereocenters. The molecule has 0 saturated heterocycles. The third-order valence-corrected chi connectivity index (χ3v) is 3.43. The first kappa shape index (κ1) is 13.5. The van der Waals surface area contributed by atoms with E-state index >= 15 is 0 Å². The van der Waals surface area contributed by atoms with Crippen LogP contribution >= 0.6 is 0 Å². The highest BCUT2D eigenvalue weighted by atomic mass is 16.5. The van der Waals surface area contributed by atoms with E-state index in [-0.39, 0.29) is 0 Å². The van der Waals surface area contributed by atoms with Gasteiger partial charge in [-0.3, -0.25) is 0 Å². The van der Waals surface area contributed by atoms with Crippen LogP contribution in [0.4, 0.5) is 5.69 Å². The summed E-state index contributed by atoms with van der Waals surface area (Å²) in [5, 5.41) is 3.31. The van der Waals surface area contributed by atoms with Gasteiger partial charge in [-0.1, -0.05) is 12.1 Å². The topological polar surface area (TPSA) is 38.6 Å². The number of hydrogen-bond acceptors (Lipinski definition) is 3. The van der Waals surface area contributed by atoms with E-state index in [1.165, 1.54) is 5.56 Å². The zero-order valence-corrected chi connectivity index (χ0v) is 12.3. The van der Waals surface area contributed by atoms with Crippen molar-refractivity contribution in [3.63, 3.8) is 0 Å². The van der Waals surface area contributed by atoms with Crippen molar-refractivity contribution >= 4 is 11.3 Å². The van der Waals surface area contributed by atoms with Gasteiger partial charge in [0, 0.05) is 25.4 Å². The van der Waals surface area contributed by atoms with E-state index in [9.17, 15) is 0 Å². The number of anilines is 1. The minimum Gasteiger partial charge on any atom is -0.497 e. The second kappa shape index (κ2) is 5.87. The van der Waals surface area contributed by atoms with E-state index in [0.29, 0.717) is 0 Å². The standard InChI is InChI=1S/C17H19N3O/c1-3-18-14-6-9-17-19-15(12-20(17)11-14)10-13-4-7-16(21-2)8-5-13/h4-9,11-12,18H,3,10H2,1-2H3. The van der Waals surface area contributed by atoms with Crippen LogP contribution in [0.3, 0.4) is 0 Å². The first-order valence-corrected chi connectivity index (χ1v) is 7.13. The van der Waals surface area contributed by atoms with Crippen LogP contribution in [0, 0.1) is 0 Å². The summed E-state index contributed by atoms with van der Waals surface area (Å²) in [5.74, 6) is 0.879. The Kier molecular flexibility index (Phi) is 3.77. The molecule has 3 aromatic rings. The fourth-order valence-electron chi connectivity index (χ4n) is 2.39. The van der Waals surface area contributed by atoms with Gasteiger partial charge in [0.25, 0.3) is 0 Å². The maximum absolute atomic E-state index is 5.18. The largest absolute Gasteiger partial charge is 0.497 e. The number of benzene rings is 1. The zero-order valence-electron chi connectivity index (χ0n) is 12.3. The number of methoxy groups -OCH3 is 1. The number of rotatable bonds is 5. The molecule has 0 amide bonds. The summed E-state index contributed by atoms with van der Waals surface area (Å²) < 4.78 is 7.24. The predicted octanol–water partition coefficient (Wildman–Crippen LogP) is 3.37. The summed E-state index contributed by atoms with van der Waals surface area (Å²) in [6, 6.07) is 12.2. The Morgan fingerprint density at radius 3 is 2.62 bits per heavy atom. The molecule has 0 aliphatic carbocycles. The maximum atomic E-state index is 5.18. The van der Waals surface area contributed by atoms with Gasteiger partial charge in [0.2, 0.25) is 0 Å². The molecule has 4 heteroatoms. The Morgan fingerprint density at radius 2 is 1.90 bits per heavy atom. The smallest absolute Gasteiger partial charge is 0.137 e. The molecule has 21 heavy (non-hydrogen) atoms. The fourth-order valence-corrected chi connectivity index (χ4v) is 2.39. The molecule has 2 heterocycles. The van der Waals surface area contributed by atoms with Crippen molar-refractivity contribution in [2.45, 2.75) is 13.3 Å². The molecule has 0 bridgehead atoms. The van der Waals surface area contributed by atoms with Crippen LogP contribution in [0.25, 0.3) is 5.65 Å². The van der Waals surface area contributed by atoms with Gasteiger partial charge in [-0.05, 0) is 36.8 Å². The van der Waals surface area contributed by atoms with Crippen molar-refractivity contribution < 1.29 is 4.74 Å². The van der Waals surface area contributed by atoms with Crippen molar-refractivity contribution in [2.75, 3.05) is 19.0 Å². The lowest BCUT2D eigenvalue weighted by atomic mass is 10.1. The van der Waals surface area contributed by atoms with Gasteiger partial charge >= 0.3 is 0 Å². The highest BCUT2D eigenvalue weighted by molar-refractivity contribution is 5.51. The highest BCUT2D eigenvalue weighted by Gasteiger charge is 2.04. The Morgan fingerprint density at radius 1 is 1.10 bits per heavy atom. The van der Waals surface area contributed by atoms with Crippen molar-refractivity contribution in [2.24, 2.45) is 0 Å². The number of nitrogens with zero attached hydrogens (tertiary/aromatic N) is 2. The third-order valence-electron chi connectivity index (χ3n) is 3.43. The number of aromatic nitrogens is 2. The van der Waals surface area contributed by atoms with Gasteiger partial charge in [0.05, 0.1) is 18.5 Å². The van der Waals surface area contributed by atoms with Gasteiger partial charge < -0.3 is 14.5 Å². The monoisotopic (exact) mass is 281 g/mol. The highest BCUT2D eigenvalue weighted by Crippen LogP contribution is 2.16. The normalized spacial score (nSPS) is 10.8. The number of nitrogens with one attached hydrogen (secondary N) is 1. The second-order valence-electron chi connectivity index (χ2n) is 4.97. The van der Waals surface area contributed by atoms with E-state index in [2.05, 4.69) is 52.2 Å². The molecule has 3 rings (SSSR count). The predicted molar refractivity (Wildman–Crippen MR) is 85.2 cm³/mol. The molecule has 0 saturated carbocycles. The van der Waals surface area contributed by atoms with Crippen LogP contribution in [0.1, 0.15) is 18.2 Å². The van der Waals surface area contributed by atoms with E-state index in [0.717, 1.165) is 35.7 Å². The number of fused-ring (bicyclic) bond motifs is 1. The maximum Gasteiger partial charge on any atom is 0.137 e. The fraction of sp³-hybridized carbons (Fsp3) is 0.235. The number of ether oxygens (including phenoxy) is 1. The van der Waals surface area contributed by atoms with Crippen molar-refractivity contribution in [3.05, 3.63) is 60.0 Å². The summed E-state index contributed by atoms with van der Waals surface area (Å²) in [5.41, 5.74) is 4.37. The van der Waals surface area contributed by atoms with Gasteiger partial charge in [-0.2, -0.15) is 0 Å². The minimum absolute atomic E-state index is 0.822. The van der Waals surface area contributed by atoms with Gasteiger partial charge in [-0.25, -0.2) is 4.98 Å². The molecule has 108 valence electrons. The lowest BCUT2D eigenvalue weighted by molar-refractivity contribution is 0.414. The Labute approximate surface area is 124 Å². The first-order valence-electron chi connectivity index (χ1n) is 7.13. The molecule has 0 aliphatic heterocycles. The van der Waals surface area contributed by atoms with Crippen LogP contribution in [0.15, 0.2) is 48.8 Å². The van der Waals surface area contributed by atoms with Crippen LogP contribution in [0.5, 0.6) is 5.75 Å². The summed E-state index contributed by atoms with van der Waals surface area (Å²) >= 11 is 0. The van der Waals surface area contributed by atoms with Crippen LogP contribution in [-0.4, -0.2) is 23.0 Å². The van der Waals surface area contributed by atoms with Crippen LogP contribution in [-0.2, 0) is 6.42 Å². The number of imidazole rings is 1. The Bertz CT molecular complexity index is 731. The molecule has 0 unspecified atom stereocenters. The van der Waals surface area contributed by atoms with Gasteiger partial charge in [0.1, 0.15) is 11.4 Å². The molecule has 0 radical (unpaired) electrons. The van der Waals surface area contributed by atoms with Gasteiger partial charge in [-0.15, -0.1) is 0 Å². The lowest BCUT2D eigenvalue weighted by Crippen LogP contribution is -1.97. The average Bonchev–Trinajstić information content (AvgIpc) is 2.90. The Balaban J connectivity index is 1.83. The molecule has 4 nitrogen and oxygen atoms in total.